The van der Waals surface area contributed by atoms with Gasteiger partial charge in [-0.25, -0.2) is 4.79 Å². The highest BCUT2D eigenvalue weighted by Crippen LogP contribution is 2.14. The van der Waals surface area contributed by atoms with Gasteiger partial charge in [0, 0.05) is 5.75 Å². The van der Waals surface area contributed by atoms with Gasteiger partial charge in [0.15, 0.2) is 0 Å². The molecule has 4 nitrogen and oxygen atoms in total. The number of carbonyl (C=O) groups is 2. The second-order valence-electron chi connectivity index (χ2n) is 4.00. The smallest absolute Gasteiger partial charge is 0.326 e. The number of aryl methyl sites for hydroxylation is 1. The molecular formula is C13H17NO3S. The molecule has 0 aliphatic carbocycles. The Morgan fingerprint density at radius 2 is 2.11 bits per heavy atom. The Hall–Kier alpha value is -1.49. The summed E-state index contributed by atoms with van der Waals surface area (Å²) in [6, 6.07) is 7.47. The van der Waals surface area contributed by atoms with E-state index in [1.165, 1.54) is 11.1 Å². The first-order valence-corrected chi connectivity index (χ1v) is 6.84. The van der Waals surface area contributed by atoms with Gasteiger partial charge < -0.3 is 10.4 Å². The van der Waals surface area contributed by atoms with E-state index in [-0.39, 0.29) is 0 Å². The van der Waals surface area contributed by atoms with Crippen LogP contribution in [0.25, 0.3) is 0 Å². The fraction of sp³-hybridized carbons (Fsp3) is 0.385. The van der Waals surface area contributed by atoms with Crippen molar-refractivity contribution < 1.29 is 14.7 Å². The van der Waals surface area contributed by atoms with E-state index in [1.54, 1.807) is 11.8 Å². The number of rotatable bonds is 8. The highest BCUT2D eigenvalue weighted by atomic mass is 32.2. The van der Waals surface area contributed by atoms with Gasteiger partial charge in [0.05, 0.1) is 0 Å². The van der Waals surface area contributed by atoms with E-state index in [1.807, 2.05) is 6.92 Å². The number of benzene rings is 1. The van der Waals surface area contributed by atoms with Gasteiger partial charge >= 0.3 is 5.97 Å². The quantitative estimate of drug-likeness (QED) is 0.557. The van der Waals surface area contributed by atoms with Crippen molar-refractivity contribution in [3.63, 3.8) is 0 Å². The van der Waals surface area contributed by atoms with Gasteiger partial charge in [-0.05, 0) is 24.7 Å². The van der Waals surface area contributed by atoms with Gasteiger partial charge in [0.1, 0.15) is 6.04 Å². The average Bonchev–Trinajstić information content (AvgIpc) is 2.35. The van der Waals surface area contributed by atoms with Crippen LogP contribution in [0.3, 0.4) is 0 Å². The third-order valence-corrected chi connectivity index (χ3v) is 3.57. The summed E-state index contributed by atoms with van der Waals surface area (Å²) in [6.45, 7) is 2.04. The summed E-state index contributed by atoms with van der Waals surface area (Å²) in [5.74, 6) is 0.567. The van der Waals surface area contributed by atoms with Crippen LogP contribution in [0.5, 0.6) is 0 Å². The Morgan fingerprint density at radius 1 is 1.44 bits per heavy atom. The fourth-order valence-electron chi connectivity index (χ4n) is 1.44. The minimum Gasteiger partial charge on any atom is -0.480 e. The van der Waals surface area contributed by atoms with E-state index in [9.17, 15) is 9.59 Å². The molecule has 5 heteroatoms. The van der Waals surface area contributed by atoms with Crippen molar-refractivity contribution in [2.45, 2.75) is 25.1 Å². The maximum atomic E-state index is 10.8. The topological polar surface area (TPSA) is 66.4 Å². The predicted octanol–water partition coefficient (Wildman–Crippen LogP) is 1.82. The lowest BCUT2D eigenvalue weighted by Crippen LogP contribution is -2.36. The molecule has 0 aromatic heterocycles. The number of thioether (sulfide) groups is 1. The lowest BCUT2D eigenvalue weighted by Gasteiger charge is -2.10. The number of hydrogen-bond donors (Lipinski definition) is 2. The van der Waals surface area contributed by atoms with Gasteiger partial charge in [-0.1, -0.05) is 29.8 Å². The van der Waals surface area contributed by atoms with Crippen molar-refractivity contribution in [2.24, 2.45) is 0 Å². The van der Waals surface area contributed by atoms with Crippen molar-refractivity contribution >= 4 is 24.1 Å². The number of amides is 1. The number of carboxylic acid groups (broad SMARTS) is 1. The molecule has 1 rings (SSSR count). The second kappa shape index (κ2) is 7.76. The molecule has 18 heavy (non-hydrogen) atoms. The summed E-state index contributed by atoms with van der Waals surface area (Å²) in [4.78, 5) is 21.0. The minimum atomic E-state index is -0.988. The van der Waals surface area contributed by atoms with Gasteiger partial charge in [-0.15, -0.1) is 0 Å². The summed E-state index contributed by atoms with van der Waals surface area (Å²) in [5.41, 5.74) is 2.45. The van der Waals surface area contributed by atoms with Gasteiger partial charge in [0.2, 0.25) is 6.41 Å². The van der Waals surface area contributed by atoms with Gasteiger partial charge in [-0.3, -0.25) is 4.79 Å². The predicted molar refractivity (Wildman–Crippen MR) is 72.6 cm³/mol. The Bertz CT molecular complexity index is 392. The van der Waals surface area contributed by atoms with E-state index in [4.69, 9.17) is 5.11 Å². The summed E-state index contributed by atoms with van der Waals surface area (Å²) >= 11 is 1.66. The molecule has 0 spiro atoms. The molecule has 0 bridgehead atoms. The number of carboxylic acids is 1. The van der Waals surface area contributed by atoms with Crippen LogP contribution in [0.4, 0.5) is 0 Å². The van der Waals surface area contributed by atoms with Crippen molar-refractivity contribution in [3.8, 4) is 0 Å². The van der Waals surface area contributed by atoms with Crippen molar-refractivity contribution in [1.29, 1.82) is 0 Å². The maximum absolute atomic E-state index is 10.8. The van der Waals surface area contributed by atoms with Crippen LogP contribution in [0.1, 0.15) is 17.5 Å². The van der Waals surface area contributed by atoms with Crippen LogP contribution in [0.2, 0.25) is 0 Å². The summed E-state index contributed by atoms with van der Waals surface area (Å²) in [5, 5.41) is 11.1. The van der Waals surface area contributed by atoms with Crippen molar-refractivity contribution in [1.82, 2.24) is 5.32 Å². The first-order chi connectivity index (χ1) is 8.63. The molecule has 0 saturated heterocycles. The van der Waals surface area contributed by atoms with Crippen LogP contribution < -0.4 is 5.32 Å². The van der Waals surface area contributed by atoms with Gasteiger partial charge in [0.25, 0.3) is 0 Å². The molecule has 0 aliphatic heterocycles. The van der Waals surface area contributed by atoms with Crippen molar-refractivity contribution in [3.05, 3.63) is 35.4 Å². The van der Waals surface area contributed by atoms with Gasteiger partial charge in [-0.2, -0.15) is 11.8 Å². The molecule has 1 amide bonds. The Balaban J connectivity index is 2.27. The molecular weight excluding hydrogens is 250 g/mol. The molecule has 0 aliphatic rings. The molecule has 2 N–H and O–H groups in total. The fourth-order valence-corrected chi connectivity index (χ4v) is 2.41. The molecule has 1 unspecified atom stereocenters. The molecule has 0 saturated carbocycles. The Morgan fingerprint density at radius 3 is 2.67 bits per heavy atom. The SMILES string of the molecule is Cc1ccc(CSCCC(NC=O)C(=O)O)cc1. The first-order valence-electron chi connectivity index (χ1n) is 5.69. The zero-order chi connectivity index (χ0) is 13.4. The lowest BCUT2D eigenvalue weighted by atomic mass is 10.2. The minimum absolute atomic E-state index is 0.434. The number of hydrogen-bond acceptors (Lipinski definition) is 3. The van der Waals surface area contributed by atoms with Crippen LogP contribution >= 0.6 is 11.8 Å². The highest BCUT2D eigenvalue weighted by molar-refractivity contribution is 7.98. The Kier molecular flexibility index (Phi) is 6.28. The maximum Gasteiger partial charge on any atom is 0.326 e. The molecule has 0 heterocycles. The van der Waals surface area contributed by atoms with E-state index < -0.39 is 12.0 Å². The number of carbonyl (C=O) groups excluding carboxylic acids is 1. The van der Waals surface area contributed by atoms with Crippen LogP contribution in [-0.4, -0.2) is 29.3 Å². The monoisotopic (exact) mass is 267 g/mol. The average molecular weight is 267 g/mol. The third-order valence-electron chi connectivity index (χ3n) is 2.51. The Labute approximate surface area is 111 Å². The lowest BCUT2D eigenvalue weighted by molar-refractivity contribution is -0.140. The number of aliphatic carboxylic acids is 1. The molecule has 98 valence electrons. The zero-order valence-corrected chi connectivity index (χ0v) is 11.1. The third kappa shape index (κ3) is 5.23. The van der Waals surface area contributed by atoms with Crippen LogP contribution in [-0.2, 0) is 15.3 Å². The second-order valence-corrected chi connectivity index (χ2v) is 5.11. The largest absolute Gasteiger partial charge is 0.480 e. The normalized spacial score (nSPS) is 11.8. The molecule has 1 atom stereocenters. The summed E-state index contributed by atoms with van der Waals surface area (Å²) in [7, 11) is 0. The number of nitrogens with one attached hydrogen (secondary N) is 1. The van der Waals surface area contributed by atoms with E-state index >= 15 is 0 Å². The standard InChI is InChI=1S/C13H17NO3S/c1-10-2-4-11(5-3-10)8-18-7-6-12(13(16)17)14-9-15/h2-5,9,12H,6-8H2,1H3,(H,14,15)(H,16,17). The first kappa shape index (κ1) is 14.6. The highest BCUT2D eigenvalue weighted by Gasteiger charge is 2.15. The van der Waals surface area contributed by atoms with E-state index in [0.29, 0.717) is 18.6 Å². The molecule has 0 fully saturated rings. The summed E-state index contributed by atoms with van der Waals surface area (Å²) in [6.07, 6.45) is 0.869. The molecule has 1 aromatic rings. The van der Waals surface area contributed by atoms with E-state index in [2.05, 4.69) is 29.6 Å². The van der Waals surface area contributed by atoms with E-state index in [0.717, 1.165) is 5.75 Å². The summed E-state index contributed by atoms with van der Waals surface area (Å²) < 4.78 is 0. The zero-order valence-electron chi connectivity index (χ0n) is 10.3. The van der Waals surface area contributed by atoms with Crippen LogP contribution in [0.15, 0.2) is 24.3 Å². The molecule has 0 radical (unpaired) electrons. The van der Waals surface area contributed by atoms with Crippen LogP contribution in [0, 0.1) is 6.92 Å². The molecule has 1 aromatic carbocycles. The van der Waals surface area contributed by atoms with Crippen molar-refractivity contribution in [2.75, 3.05) is 5.75 Å².